The molecule has 3 rings (SSSR count). The van der Waals surface area contributed by atoms with Crippen LogP contribution in [-0.4, -0.2) is 36.1 Å². The van der Waals surface area contributed by atoms with Gasteiger partial charge < -0.3 is 14.2 Å². The van der Waals surface area contributed by atoms with Gasteiger partial charge >= 0.3 is 23.9 Å². The van der Waals surface area contributed by atoms with Crippen molar-refractivity contribution < 1.29 is 33.4 Å². The van der Waals surface area contributed by atoms with E-state index in [-0.39, 0.29) is 11.1 Å². The van der Waals surface area contributed by atoms with Gasteiger partial charge in [0.05, 0.1) is 11.1 Å². The first-order valence-electron chi connectivity index (χ1n) is 8.99. The Balaban J connectivity index is 1.78. The van der Waals surface area contributed by atoms with Crippen LogP contribution in [0.3, 0.4) is 0 Å². The summed E-state index contributed by atoms with van der Waals surface area (Å²) >= 11 is 0. The third-order valence-corrected chi connectivity index (χ3v) is 4.89. The molecule has 2 atom stereocenters. The van der Waals surface area contributed by atoms with Crippen molar-refractivity contribution in [2.45, 2.75) is 39.9 Å². The van der Waals surface area contributed by atoms with Crippen LogP contribution in [0.5, 0.6) is 0 Å². The van der Waals surface area contributed by atoms with Crippen LogP contribution in [0.15, 0.2) is 36.4 Å². The molecule has 2 aromatic rings. The molecule has 1 aliphatic rings. The molecule has 0 aliphatic carbocycles. The largest absolute Gasteiger partial charge is 0.442 e. The number of aryl methyl sites for hydroxylation is 4. The van der Waals surface area contributed by atoms with Gasteiger partial charge in [0.2, 0.25) is 12.2 Å². The minimum atomic E-state index is -1.66. The van der Waals surface area contributed by atoms with E-state index in [0.29, 0.717) is 0 Å². The van der Waals surface area contributed by atoms with Crippen LogP contribution >= 0.6 is 0 Å². The number of hydrogen-bond acceptors (Lipinski definition) is 7. The predicted octanol–water partition coefficient (Wildman–Crippen LogP) is 2.75. The summed E-state index contributed by atoms with van der Waals surface area (Å²) in [6.45, 7) is 7.43. The Bertz CT molecular complexity index is 940. The van der Waals surface area contributed by atoms with Crippen LogP contribution in [0.1, 0.15) is 43.0 Å². The zero-order valence-corrected chi connectivity index (χ0v) is 16.5. The van der Waals surface area contributed by atoms with Crippen LogP contribution in [0.4, 0.5) is 0 Å². The fourth-order valence-corrected chi connectivity index (χ4v) is 2.79. The average Bonchev–Trinajstić information content (AvgIpc) is 2.92. The van der Waals surface area contributed by atoms with Gasteiger partial charge in [-0.2, -0.15) is 0 Å². The van der Waals surface area contributed by atoms with Crippen LogP contribution in [0.25, 0.3) is 0 Å². The highest BCUT2D eigenvalue weighted by Crippen LogP contribution is 2.21. The SMILES string of the molecule is Cc1ccc(C(=O)OC2C(=O)OC(=O)C2OC(=O)c2ccc(C)c(C)c2)cc1C. The monoisotopic (exact) mass is 396 g/mol. The Morgan fingerprint density at radius 2 is 1.07 bits per heavy atom. The molecule has 29 heavy (non-hydrogen) atoms. The molecule has 7 heteroatoms. The van der Waals surface area contributed by atoms with E-state index < -0.39 is 36.1 Å². The highest BCUT2D eigenvalue weighted by molar-refractivity contribution is 6.03. The summed E-state index contributed by atoms with van der Waals surface area (Å²) in [6.07, 6.45) is -3.32. The molecule has 2 aromatic carbocycles. The number of carbonyl (C=O) groups excluding carboxylic acids is 4. The zero-order valence-electron chi connectivity index (χ0n) is 16.5. The van der Waals surface area contributed by atoms with E-state index in [1.165, 1.54) is 0 Å². The third kappa shape index (κ3) is 4.18. The van der Waals surface area contributed by atoms with Gasteiger partial charge in [-0.05, 0) is 74.2 Å². The van der Waals surface area contributed by atoms with E-state index in [2.05, 4.69) is 4.74 Å². The minimum absolute atomic E-state index is 0.208. The minimum Gasteiger partial charge on any atom is -0.442 e. The molecule has 0 aromatic heterocycles. The topological polar surface area (TPSA) is 96.0 Å². The van der Waals surface area contributed by atoms with Crippen molar-refractivity contribution in [2.24, 2.45) is 0 Å². The summed E-state index contributed by atoms with van der Waals surface area (Å²) in [4.78, 5) is 48.8. The molecule has 7 nitrogen and oxygen atoms in total. The molecule has 2 unspecified atom stereocenters. The van der Waals surface area contributed by atoms with Crippen molar-refractivity contribution in [1.82, 2.24) is 0 Å². The second-order valence-electron chi connectivity index (χ2n) is 6.99. The van der Waals surface area contributed by atoms with E-state index in [0.717, 1.165) is 22.3 Å². The average molecular weight is 396 g/mol. The maximum absolute atomic E-state index is 12.4. The van der Waals surface area contributed by atoms with Crippen LogP contribution in [0, 0.1) is 27.7 Å². The zero-order chi connectivity index (χ0) is 21.3. The number of benzene rings is 2. The Morgan fingerprint density at radius 3 is 1.41 bits per heavy atom. The molecule has 1 saturated heterocycles. The van der Waals surface area contributed by atoms with E-state index in [1.807, 2.05) is 27.7 Å². The Kier molecular flexibility index (Phi) is 5.50. The van der Waals surface area contributed by atoms with E-state index in [1.54, 1.807) is 36.4 Å². The summed E-state index contributed by atoms with van der Waals surface area (Å²) in [5.74, 6) is -3.80. The van der Waals surface area contributed by atoms with Gasteiger partial charge in [-0.15, -0.1) is 0 Å². The first-order chi connectivity index (χ1) is 13.7. The molecule has 0 saturated carbocycles. The highest BCUT2D eigenvalue weighted by Gasteiger charge is 2.50. The normalized spacial score (nSPS) is 18.3. The van der Waals surface area contributed by atoms with Gasteiger partial charge in [0.1, 0.15) is 0 Å². The molecule has 1 heterocycles. The third-order valence-electron chi connectivity index (χ3n) is 4.89. The lowest BCUT2D eigenvalue weighted by atomic mass is 10.1. The second kappa shape index (κ2) is 7.87. The smallest absolute Gasteiger partial charge is 0.359 e. The number of cyclic esters (lactones) is 2. The lowest BCUT2D eigenvalue weighted by Gasteiger charge is -2.16. The van der Waals surface area contributed by atoms with E-state index >= 15 is 0 Å². The lowest BCUT2D eigenvalue weighted by molar-refractivity contribution is -0.155. The predicted molar refractivity (Wildman–Crippen MR) is 101 cm³/mol. The van der Waals surface area contributed by atoms with Crippen molar-refractivity contribution in [3.8, 4) is 0 Å². The summed E-state index contributed by atoms with van der Waals surface area (Å²) in [5, 5.41) is 0. The number of carbonyl (C=O) groups is 4. The van der Waals surface area contributed by atoms with Crippen LogP contribution < -0.4 is 0 Å². The van der Waals surface area contributed by atoms with Gasteiger partial charge in [-0.1, -0.05) is 12.1 Å². The fraction of sp³-hybridized carbons (Fsp3) is 0.273. The van der Waals surface area contributed by atoms with Crippen LogP contribution in [0.2, 0.25) is 0 Å². The molecular formula is C22H20O7. The molecule has 1 fully saturated rings. The molecule has 0 bridgehead atoms. The van der Waals surface area contributed by atoms with Gasteiger partial charge in [0.15, 0.2) is 0 Å². The van der Waals surface area contributed by atoms with E-state index in [9.17, 15) is 19.2 Å². The molecular weight excluding hydrogens is 376 g/mol. The molecule has 0 radical (unpaired) electrons. The van der Waals surface area contributed by atoms with Crippen molar-refractivity contribution >= 4 is 23.9 Å². The fourth-order valence-electron chi connectivity index (χ4n) is 2.79. The Morgan fingerprint density at radius 1 is 0.690 bits per heavy atom. The Hall–Kier alpha value is -3.48. The number of ether oxygens (including phenoxy) is 3. The van der Waals surface area contributed by atoms with Gasteiger partial charge in [0, 0.05) is 0 Å². The lowest BCUT2D eigenvalue weighted by Crippen LogP contribution is -2.37. The van der Waals surface area contributed by atoms with Gasteiger partial charge in [-0.25, -0.2) is 19.2 Å². The van der Waals surface area contributed by atoms with E-state index in [4.69, 9.17) is 9.47 Å². The van der Waals surface area contributed by atoms with Gasteiger partial charge in [-0.3, -0.25) is 0 Å². The molecule has 1 aliphatic heterocycles. The van der Waals surface area contributed by atoms with Gasteiger partial charge in [0.25, 0.3) is 0 Å². The summed E-state index contributed by atoms with van der Waals surface area (Å²) in [7, 11) is 0. The standard InChI is InChI=1S/C22H20O7/c1-11-5-7-15(9-13(11)3)19(23)27-17-18(22(26)29-21(17)25)28-20(24)16-8-6-12(2)14(4)10-16/h5-10,17-18H,1-4H3. The maximum atomic E-state index is 12.4. The maximum Gasteiger partial charge on any atom is 0.359 e. The van der Waals surface area contributed by atoms with Crippen molar-refractivity contribution in [3.05, 3.63) is 69.8 Å². The second-order valence-corrected chi connectivity index (χ2v) is 6.99. The summed E-state index contributed by atoms with van der Waals surface area (Å²) < 4.78 is 14.8. The molecule has 0 N–H and O–H groups in total. The van der Waals surface area contributed by atoms with Crippen molar-refractivity contribution in [2.75, 3.05) is 0 Å². The first kappa shape index (κ1) is 20.3. The number of hydrogen-bond donors (Lipinski definition) is 0. The highest BCUT2D eigenvalue weighted by atomic mass is 16.7. The molecule has 0 amide bonds. The summed E-state index contributed by atoms with van der Waals surface area (Å²) in [5.41, 5.74) is 4.11. The summed E-state index contributed by atoms with van der Waals surface area (Å²) in [6, 6.07) is 9.78. The van der Waals surface area contributed by atoms with Crippen molar-refractivity contribution in [1.29, 1.82) is 0 Å². The van der Waals surface area contributed by atoms with Crippen LogP contribution in [-0.2, 0) is 23.8 Å². The quantitative estimate of drug-likeness (QED) is 0.445. The van der Waals surface area contributed by atoms with Crippen molar-refractivity contribution in [3.63, 3.8) is 0 Å². The Labute approximate surface area is 167 Å². The number of esters is 4. The molecule has 150 valence electrons. The first-order valence-corrected chi connectivity index (χ1v) is 8.99. The molecule has 0 spiro atoms. The number of rotatable bonds is 4.